The van der Waals surface area contributed by atoms with Crippen molar-refractivity contribution in [1.82, 2.24) is 5.32 Å². The molecule has 0 spiro atoms. The minimum Gasteiger partial charge on any atom is -0.496 e. The predicted octanol–water partition coefficient (Wildman–Crippen LogP) is 0.505. The topological polar surface area (TPSA) is 67.8 Å². The van der Waals surface area contributed by atoms with Crippen LogP contribution in [0.5, 0.6) is 5.75 Å². The molecule has 1 aliphatic rings. The lowest BCUT2D eigenvalue weighted by atomic mass is 10.0. The second kappa shape index (κ2) is 6.04. The van der Waals surface area contributed by atoms with Gasteiger partial charge in [-0.25, -0.2) is 0 Å². The van der Waals surface area contributed by atoms with Crippen LogP contribution in [-0.2, 0) is 16.0 Å². The minimum absolute atomic E-state index is 0.134. The average molecular weight is 265 g/mol. The molecule has 1 aromatic rings. The molecule has 0 radical (unpaired) electrons. The Kier molecular flexibility index (Phi) is 4.39. The van der Waals surface area contributed by atoms with E-state index in [9.17, 15) is 9.90 Å². The maximum absolute atomic E-state index is 11.9. The number of hydrogen-bond donors (Lipinski definition) is 2. The fraction of sp³-hybridized carbons (Fsp3) is 0.500. The van der Waals surface area contributed by atoms with Gasteiger partial charge in [-0.2, -0.15) is 0 Å². The van der Waals surface area contributed by atoms with Crippen molar-refractivity contribution in [3.63, 3.8) is 0 Å². The van der Waals surface area contributed by atoms with Gasteiger partial charge < -0.3 is 19.9 Å². The van der Waals surface area contributed by atoms with Gasteiger partial charge in [0.2, 0.25) is 5.91 Å². The third-order valence-electron chi connectivity index (χ3n) is 3.24. The van der Waals surface area contributed by atoms with Crippen LogP contribution in [0.3, 0.4) is 0 Å². The molecule has 2 rings (SSSR count). The van der Waals surface area contributed by atoms with Crippen molar-refractivity contribution >= 4 is 5.91 Å². The molecule has 5 heteroatoms. The maximum Gasteiger partial charge on any atom is 0.224 e. The lowest BCUT2D eigenvalue weighted by molar-refractivity contribution is -0.121. The highest BCUT2D eigenvalue weighted by atomic mass is 16.5. The van der Waals surface area contributed by atoms with E-state index in [0.717, 1.165) is 5.56 Å². The first-order valence-corrected chi connectivity index (χ1v) is 6.32. The number of nitrogens with one attached hydrogen (secondary N) is 1. The monoisotopic (exact) mass is 265 g/mol. The molecular weight excluding hydrogens is 246 g/mol. The molecule has 1 saturated heterocycles. The summed E-state index contributed by atoms with van der Waals surface area (Å²) in [7, 11) is 1.58. The number of methoxy groups -OCH3 is 1. The van der Waals surface area contributed by atoms with E-state index in [1.807, 2.05) is 24.3 Å². The Morgan fingerprint density at radius 1 is 1.53 bits per heavy atom. The fourth-order valence-electron chi connectivity index (χ4n) is 2.08. The van der Waals surface area contributed by atoms with Crippen LogP contribution in [0.2, 0.25) is 0 Å². The first-order chi connectivity index (χ1) is 9.13. The predicted molar refractivity (Wildman–Crippen MR) is 70.1 cm³/mol. The Bertz CT molecular complexity index is 441. The molecule has 0 aromatic heterocycles. The summed E-state index contributed by atoms with van der Waals surface area (Å²) in [6.45, 7) is 1.04. The van der Waals surface area contributed by atoms with E-state index in [4.69, 9.17) is 9.47 Å². The molecule has 1 unspecified atom stereocenters. The number of para-hydroxylation sites is 1. The molecule has 0 saturated carbocycles. The third kappa shape index (κ3) is 3.68. The van der Waals surface area contributed by atoms with Crippen molar-refractivity contribution < 1.29 is 19.4 Å². The van der Waals surface area contributed by atoms with Crippen LogP contribution >= 0.6 is 0 Å². The normalized spacial score (nSPS) is 22.2. The molecule has 5 nitrogen and oxygen atoms in total. The Labute approximate surface area is 112 Å². The van der Waals surface area contributed by atoms with Crippen LogP contribution in [0, 0.1) is 0 Å². The van der Waals surface area contributed by atoms with Crippen LogP contribution in [-0.4, -0.2) is 43.5 Å². The number of aliphatic hydroxyl groups is 1. The quantitative estimate of drug-likeness (QED) is 0.814. The van der Waals surface area contributed by atoms with Crippen LogP contribution < -0.4 is 10.1 Å². The Hall–Kier alpha value is -1.59. The van der Waals surface area contributed by atoms with Gasteiger partial charge in [-0.05, 0) is 6.07 Å². The highest BCUT2D eigenvalue weighted by Gasteiger charge is 2.32. The largest absolute Gasteiger partial charge is 0.496 e. The smallest absolute Gasteiger partial charge is 0.224 e. The van der Waals surface area contributed by atoms with Crippen molar-refractivity contribution in [3.8, 4) is 5.75 Å². The van der Waals surface area contributed by atoms with E-state index in [1.165, 1.54) is 0 Å². The van der Waals surface area contributed by atoms with Crippen LogP contribution in [0.1, 0.15) is 12.0 Å². The van der Waals surface area contributed by atoms with Crippen molar-refractivity contribution in [2.75, 3.05) is 26.9 Å². The third-order valence-corrected chi connectivity index (χ3v) is 3.24. The Morgan fingerprint density at radius 2 is 2.32 bits per heavy atom. The summed E-state index contributed by atoms with van der Waals surface area (Å²) in [5.74, 6) is 0.561. The molecule has 0 aliphatic carbocycles. The molecule has 1 aliphatic heterocycles. The number of rotatable bonds is 5. The molecule has 1 atom stereocenters. The molecule has 1 heterocycles. The number of ether oxygens (including phenoxy) is 2. The van der Waals surface area contributed by atoms with Gasteiger partial charge in [0.25, 0.3) is 0 Å². The van der Waals surface area contributed by atoms with E-state index < -0.39 is 5.60 Å². The fourth-order valence-corrected chi connectivity index (χ4v) is 2.08. The zero-order valence-corrected chi connectivity index (χ0v) is 11.0. The zero-order valence-electron chi connectivity index (χ0n) is 11.0. The molecule has 2 N–H and O–H groups in total. The summed E-state index contributed by atoms with van der Waals surface area (Å²) in [4.78, 5) is 11.9. The van der Waals surface area contributed by atoms with Gasteiger partial charge in [0.05, 0.1) is 20.1 Å². The molecule has 0 bridgehead atoms. The van der Waals surface area contributed by atoms with E-state index >= 15 is 0 Å². The SMILES string of the molecule is COc1ccccc1CC(=O)NCC1(O)CCOC1. The van der Waals surface area contributed by atoms with E-state index in [-0.39, 0.29) is 25.5 Å². The molecule has 1 aromatic carbocycles. The van der Waals surface area contributed by atoms with Gasteiger partial charge in [0.1, 0.15) is 11.4 Å². The summed E-state index contributed by atoms with van der Waals surface area (Å²) >= 11 is 0. The zero-order chi connectivity index (χ0) is 13.7. The summed E-state index contributed by atoms with van der Waals surface area (Å²) in [6.07, 6.45) is 0.795. The number of carbonyl (C=O) groups is 1. The highest BCUT2D eigenvalue weighted by Crippen LogP contribution is 2.19. The number of amides is 1. The number of hydrogen-bond acceptors (Lipinski definition) is 4. The van der Waals surface area contributed by atoms with E-state index in [2.05, 4.69) is 5.32 Å². The standard InChI is InChI=1S/C14H19NO4/c1-18-12-5-3-2-4-11(12)8-13(16)15-9-14(17)6-7-19-10-14/h2-5,17H,6-10H2,1H3,(H,15,16). The second-order valence-corrected chi connectivity index (χ2v) is 4.79. The van der Waals surface area contributed by atoms with Crippen molar-refractivity contribution in [3.05, 3.63) is 29.8 Å². The molecular formula is C14H19NO4. The highest BCUT2D eigenvalue weighted by molar-refractivity contribution is 5.79. The first kappa shape index (κ1) is 13.8. The Morgan fingerprint density at radius 3 is 3.00 bits per heavy atom. The van der Waals surface area contributed by atoms with Gasteiger partial charge in [-0.15, -0.1) is 0 Å². The van der Waals surface area contributed by atoms with E-state index in [0.29, 0.717) is 18.8 Å². The molecule has 1 amide bonds. The van der Waals surface area contributed by atoms with E-state index in [1.54, 1.807) is 7.11 Å². The van der Waals surface area contributed by atoms with Gasteiger partial charge in [-0.3, -0.25) is 4.79 Å². The van der Waals surface area contributed by atoms with Gasteiger partial charge in [-0.1, -0.05) is 18.2 Å². The van der Waals surface area contributed by atoms with Gasteiger partial charge >= 0.3 is 0 Å². The molecule has 104 valence electrons. The van der Waals surface area contributed by atoms with Crippen LogP contribution in [0.25, 0.3) is 0 Å². The molecule has 1 fully saturated rings. The van der Waals surface area contributed by atoms with Crippen molar-refractivity contribution in [2.24, 2.45) is 0 Å². The summed E-state index contributed by atoms with van der Waals surface area (Å²) < 4.78 is 10.3. The number of benzene rings is 1. The summed E-state index contributed by atoms with van der Waals surface area (Å²) in [5.41, 5.74) is -0.0895. The van der Waals surface area contributed by atoms with Crippen LogP contribution in [0.15, 0.2) is 24.3 Å². The lowest BCUT2D eigenvalue weighted by Crippen LogP contribution is -2.43. The summed E-state index contributed by atoms with van der Waals surface area (Å²) in [5, 5.41) is 12.8. The van der Waals surface area contributed by atoms with Gasteiger partial charge in [0, 0.05) is 25.1 Å². The molecule has 19 heavy (non-hydrogen) atoms. The minimum atomic E-state index is -0.920. The maximum atomic E-state index is 11.9. The van der Waals surface area contributed by atoms with Crippen molar-refractivity contribution in [1.29, 1.82) is 0 Å². The Balaban J connectivity index is 1.87. The van der Waals surface area contributed by atoms with Crippen LogP contribution in [0.4, 0.5) is 0 Å². The first-order valence-electron chi connectivity index (χ1n) is 6.32. The average Bonchev–Trinajstić information content (AvgIpc) is 2.85. The lowest BCUT2D eigenvalue weighted by Gasteiger charge is -2.20. The van der Waals surface area contributed by atoms with Gasteiger partial charge in [0.15, 0.2) is 0 Å². The van der Waals surface area contributed by atoms with Crippen molar-refractivity contribution in [2.45, 2.75) is 18.4 Å². The second-order valence-electron chi connectivity index (χ2n) is 4.79. The number of carbonyl (C=O) groups excluding carboxylic acids is 1. The summed E-state index contributed by atoms with van der Waals surface area (Å²) in [6, 6.07) is 7.40.